The summed E-state index contributed by atoms with van der Waals surface area (Å²) in [6, 6.07) is 11.1. The first-order valence-corrected chi connectivity index (χ1v) is 8.73. The quantitative estimate of drug-likeness (QED) is 0.686. The Morgan fingerprint density at radius 3 is 2.75 bits per heavy atom. The van der Waals surface area contributed by atoms with Crippen LogP contribution in [0.4, 0.5) is 5.69 Å². The summed E-state index contributed by atoms with van der Waals surface area (Å²) in [5.41, 5.74) is -0.288. The van der Waals surface area contributed by atoms with Crippen molar-refractivity contribution in [1.82, 2.24) is 5.32 Å². The highest BCUT2D eigenvalue weighted by Gasteiger charge is 2.25. The van der Waals surface area contributed by atoms with Crippen molar-refractivity contribution in [3.8, 4) is 5.75 Å². The lowest BCUT2D eigenvalue weighted by Gasteiger charge is -2.25. The van der Waals surface area contributed by atoms with E-state index in [1.165, 1.54) is 11.3 Å². The van der Waals surface area contributed by atoms with Crippen LogP contribution >= 0.6 is 11.3 Å². The first-order valence-electron chi connectivity index (χ1n) is 7.85. The van der Waals surface area contributed by atoms with Gasteiger partial charge in [-0.15, -0.1) is 11.3 Å². The van der Waals surface area contributed by atoms with Crippen LogP contribution in [0.5, 0.6) is 5.75 Å². The molecule has 0 bridgehead atoms. The average Bonchev–Trinajstić information content (AvgIpc) is 3.09. The van der Waals surface area contributed by atoms with Crippen LogP contribution in [0.15, 0.2) is 41.8 Å². The molecule has 24 heavy (non-hydrogen) atoms. The van der Waals surface area contributed by atoms with Crippen LogP contribution in [-0.4, -0.2) is 30.7 Å². The van der Waals surface area contributed by atoms with Crippen molar-refractivity contribution in [2.24, 2.45) is 0 Å². The van der Waals surface area contributed by atoms with E-state index >= 15 is 0 Å². The maximum atomic E-state index is 12.2. The van der Waals surface area contributed by atoms with Crippen LogP contribution < -0.4 is 15.4 Å². The van der Waals surface area contributed by atoms with E-state index < -0.39 is 5.60 Å². The number of carbonyl (C=O) groups is 1. The summed E-state index contributed by atoms with van der Waals surface area (Å²) >= 11 is 1.52. The Hall–Kier alpha value is -1.89. The largest absolute Gasteiger partial charge is 0.495 e. The summed E-state index contributed by atoms with van der Waals surface area (Å²) in [5, 5.41) is 18.5. The maximum absolute atomic E-state index is 12.2. The molecule has 5 nitrogen and oxygen atoms in total. The van der Waals surface area contributed by atoms with Crippen LogP contribution in [0, 0.1) is 0 Å². The molecule has 1 amide bonds. The number of para-hydroxylation sites is 2. The molecule has 0 aliphatic rings. The summed E-state index contributed by atoms with van der Waals surface area (Å²) in [7, 11) is 1.57. The van der Waals surface area contributed by atoms with Gasteiger partial charge in [0.2, 0.25) is 5.91 Å². The molecule has 0 aliphatic heterocycles. The van der Waals surface area contributed by atoms with E-state index in [0.717, 1.165) is 4.88 Å². The molecule has 1 heterocycles. The van der Waals surface area contributed by atoms with Crippen molar-refractivity contribution < 1.29 is 14.6 Å². The number of hydrogen-bond acceptors (Lipinski definition) is 5. The van der Waals surface area contributed by atoms with Gasteiger partial charge >= 0.3 is 0 Å². The smallest absolute Gasteiger partial charge is 0.226 e. The minimum atomic E-state index is -0.943. The van der Waals surface area contributed by atoms with E-state index in [1.807, 2.05) is 36.6 Å². The van der Waals surface area contributed by atoms with Gasteiger partial charge in [-0.3, -0.25) is 4.79 Å². The fourth-order valence-corrected chi connectivity index (χ4v) is 3.13. The molecule has 1 aromatic carbocycles. The van der Waals surface area contributed by atoms with Crippen molar-refractivity contribution in [2.45, 2.75) is 31.9 Å². The van der Waals surface area contributed by atoms with Gasteiger partial charge in [-0.25, -0.2) is 0 Å². The minimum Gasteiger partial charge on any atom is -0.495 e. The SMILES string of the molecule is COc1ccccc1NC(=O)C[C@@H](C)NC[C@@](C)(O)c1cccs1. The van der Waals surface area contributed by atoms with Crippen molar-refractivity contribution in [3.63, 3.8) is 0 Å². The molecule has 2 rings (SSSR count). The Morgan fingerprint density at radius 1 is 1.33 bits per heavy atom. The molecule has 0 radical (unpaired) electrons. The van der Waals surface area contributed by atoms with Crippen molar-refractivity contribution >= 4 is 22.9 Å². The highest BCUT2D eigenvalue weighted by atomic mass is 32.1. The van der Waals surface area contributed by atoms with Gasteiger partial charge in [-0.05, 0) is 37.4 Å². The van der Waals surface area contributed by atoms with Crippen LogP contribution in [0.25, 0.3) is 0 Å². The molecule has 130 valence electrons. The Balaban J connectivity index is 1.83. The Kier molecular flexibility index (Phi) is 6.36. The van der Waals surface area contributed by atoms with Gasteiger partial charge in [-0.1, -0.05) is 18.2 Å². The van der Waals surface area contributed by atoms with Gasteiger partial charge in [0, 0.05) is 23.9 Å². The van der Waals surface area contributed by atoms with Gasteiger partial charge < -0.3 is 20.5 Å². The lowest BCUT2D eigenvalue weighted by atomic mass is 10.0. The van der Waals surface area contributed by atoms with E-state index in [0.29, 0.717) is 24.4 Å². The number of methoxy groups -OCH3 is 1. The third kappa shape index (κ3) is 5.06. The third-order valence-electron chi connectivity index (χ3n) is 3.72. The fourth-order valence-electron chi connectivity index (χ4n) is 2.34. The Bertz CT molecular complexity index is 656. The van der Waals surface area contributed by atoms with E-state index in [1.54, 1.807) is 26.2 Å². The molecule has 6 heteroatoms. The molecular formula is C18H24N2O3S. The highest BCUT2D eigenvalue weighted by Crippen LogP contribution is 2.25. The molecule has 0 unspecified atom stereocenters. The topological polar surface area (TPSA) is 70.6 Å². The minimum absolute atomic E-state index is 0.0638. The maximum Gasteiger partial charge on any atom is 0.226 e. The van der Waals surface area contributed by atoms with Crippen molar-refractivity contribution in [2.75, 3.05) is 19.0 Å². The molecule has 2 atom stereocenters. The highest BCUT2D eigenvalue weighted by molar-refractivity contribution is 7.10. The molecule has 2 aromatic rings. The molecule has 0 aliphatic carbocycles. The summed E-state index contributed by atoms with van der Waals surface area (Å²) in [5.74, 6) is 0.530. The predicted octanol–water partition coefficient (Wildman–Crippen LogP) is 2.97. The molecule has 1 aromatic heterocycles. The van der Waals surface area contributed by atoms with Crippen LogP contribution in [0.2, 0.25) is 0 Å². The number of anilines is 1. The molecular weight excluding hydrogens is 324 g/mol. The van der Waals surface area contributed by atoms with Crippen molar-refractivity contribution in [1.29, 1.82) is 0 Å². The zero-order chi connectivity index (χ0) is 17.6. The Morgan fingerprint density at radius 2 is 2.08 bits per heavy atom. The van der Waals surface area contributed by atoms with Crippen LogP contribution in [0.1, 0.15) is 25.1 Å². The second kappa shape index (κ2) is 8.28. The lowest BCUT2D eigenvalue weighted by Crippen LogP contribution is -2.40. The molecule has 3 N–H and O–H groups in total. The molecule has 0 fully saturated rings. The van der Waals surface area contributed by atoms with Gasteiger partial charge in [0.05, 0.1) is 12.8 Å². The number of thiophene rings is 1. The number of nitrogens with one attached hydrogen (secondary N) is 2. The number of benzene rings is 1. The normalized spacial score (nSPS) is 14.7. The van der Waals surface area contributed by atoms with E-state index in [-0.39, 0.29) is 11.9 Å². The zero-order valence-electron chi connectivity index (χ0n) is 14.2. The second-order valence-corrected chi connectivity index (χ2v) is 6.93. The van der Waals surface area contributed by atoms with Gasteiger partial charge in [-0.2, -0.15) is 0 Å². The Labute approximate surface area is 146 Å². The van der Waals surface area contributed by atoms with E-state index in [9.17, 15) is 9.90 Å². The monoisotopic (exact) mass is 348 g/mol. The number of carbonyl (C=O) groups excluding carboxylic acids is 1. The number of ether oxygens (including phenoxy) is 1. The third-order valence-corrected chi connectivity index (χ3v) is 4.84. The van der Waals surface area contributed by atoms with E-state index in [4.69, 9.17) is 4.74 Å². The summed E-state index contributed by atoms with van der Waals surface area (Å²) in [6.07, 6.45) is 0.304. The van der Waals surface area contributed by atoms with Crippen molar-refractivity contribution in [3.05, 3.63) is 46.7 Å². The summed E-state index contributed by atoms with van der Waals surface area (Å²) < 4.78 is 5.22. The lowest BCUT2D eigenvalue weighted by molar-refractivity contribution is -0.116. The van der Waals surface area contributed by atoms with E-state index in [2.05, 4.69) is 10.6 Å². The van der Waals surface area contributed by atoms with Gasteiger partial charge in [0.25, 0.3) is 0 Å². The second-order valence-electron chi connectivity index (χ2n) is 5.99. The average molecular weight is 348 g/mol. The number of aliphatic hydroxyl groups is 1. The number of rotatable bonds is 8. The van der Waals surface area contributed by atoms with Gasteiger partial charge in [0.15, 0.2) is 0 Å². The summed E-state index contributed by atoms with van der Waals surface area (Å²) in [4.78, 5) is 13.1. The first kappa shape index (κ1) is 18.4. The predicted molar refractivity (Wildman–Crippen MR) is 97.6 cm³/mol. The van der Waals surface area contributed by atoms with Crippen LogP contribution in [-0.2, 0) is 10.4 Å². The zero-order valence-corrected chi connectivity index (χ0v) is 15.0. The first-order chi connectivity index (χ1) is 11.4. The summed E-state index contributed by atoms with van der Waals surface area (Å²) in [6.45, 7) is 4.08. The molecule has 0 saturated carbocycles. The fraction of sp³-hybridized carbons (Fsp3) is 0.389. The number of hydrogen-bond donors (Lipinski definition) is 3. The molecule has 0 saturated heterocycles. The van der Waals surface area contributed by atoms with Crippen LogP contribution in [0.3, 0.4) is 0 Å². The van der Waals surface area contributed by atoms with Gasteiger partial charge in [0.1, 0.15) is 11.4 Å². The molecule has 0 spiro atoms. The standard InChI is InChI=1S/C18H24N2O3S/c1-13(19-12-18(2,22)16-9-6-10-24-16)11-17(21)20-14-7-4-5-8-15(14)23-3/h4-10,13,19,22H,11-12H2,1-3H3,(H,20,21)/t13-,18-/m1/s1. The number of amides is 1.